The zero-order valence-corrected chi connectivity index (χ0v) is 14.5. The third-order valence-electron chi connectivity index (χ3n) is 4.27. The number of methoxy groups -OCH3 is 1. The number of carbonyl (C=O) groups is 1. The number of amides is 1. The van der Waals surface area contributed by atoms with E-state index in [-0.39, 0.29) is 11.8 Å². The van der Waals surface area contributed by atoms with Crippen LogP contribution in [0.15, 0.2) is 34.8 Å². The first-order chi connectivity index (χ1) is 10.5. The van der Waals surface area contributed by atoms with Crippen molar-refractivity contribution in [3.63, 3.8) is 0 Å². The van der Waals surface area contributed by atoms with Gasteiger partial charge in [-0.2, -0.15) is 0 Å². The second-order valence-electron chi connectivity index (χ2n) is 5.71. The molecule has 0 spiro atoms. The number of nitrogens with one attached hydrogen (secondary N) is 1. The molecule has 4 heteroatoms. The van der Waals surface area contributed by atoms with Crippen LogP contribution in [0.25, 0.3) is 0 Å². The molecular weight excluding hydrogens is 342 g/mol. The second-order valence-corrected chi connectivity index (χ2v) is 6.63. The van der Waals surface area contributed by atoms with Gasteiger partial charge in [-0.1, -0.05) is 22.0 Å². The first-order valence-electron chi connectivity index (χ1n) is 7.24. The fourth-order valence-electron chi connectivity index (χ4n) is 2.99. The van der Waals surface area contributed by atoms with Crippen LogP contribution >= 0.6 is 15.9 Å². The van der Waals surface area contributed by atoms with Crippen molar-refractivity contribution in [2.45, 2.75) is 26.2 Å². The summed E-state index contributed by atoms with van der Waals surface area (Å²) in [5.41, 5.74) is 5.51. The molecule has 0 unspecified atom stereocenters. The Bertz CT molecular complexity index is 755. The monoisotopic (exact) mass is 359 g/mol. The topological polar surface area (TPSA) is 38.3 Å². The number of ether oxygens (including phenoxy) is 1. The summed E-state index contributed by atoms with van der Waals surface area (Å²) in [5.74, 6) is 0.866. The van der Waals surface area contributed by atoms with Gasteiger partial charge in [0.1, 0.15) is 5.75 Å². The number of rotatable bonds is 2. The van der Waals surface area contributed by atoms with E-state index in [2.05, 4.69) is 47.2 Å². The molecule has 3 nitrogen and oxygen atoms in total. The molecule has 114 valence electrons. The van der Waals surface area contributed by atoms with Crippen LogP contribution < -0.4 is 10.1 Å². The van der Waals surface area contributed by atoms with Gasteiger partial charge < -0.3 is 10.1 Å². The van der Waals surface area contributed by atoms with E-state index in [9.17, 15) is 4.79 Å². The number of benzene rings is 2. The third-order valence-corrected chi connectivity index (χ3v) is 4.77. The molecular formula is C18H18BrNO2. The van der Waals surface area contributed by atoms with E-state index < -0.39 is 0 Å². The molecule has 0 fully saturated rings. The largest absolute Gasteiger partial charge is 0.496 e. The lowest BCUT2D eigenvalue weighted by Crippen LogP contribution is -2.24. The number of fused-ring (bicyclic) bond motifs is 1. The smallest absolute Gasteiger partial charge is 0.225 e. The minimum absolute atomic E-state index is 0.00972. The molecule has 1 atom stereocenters. The Morgan fingerprint density at radius 2 is 1.86 bits per heavy atom. The Morgan fingerprint density at radius 1 is 1.14 bits per heavy atom. The summed E-state index contributed by atoms with van der Waals surface area (Å²) in [5, 5.41) is 2.99. The zero-order valence-electron chi connectivity index (χ0n) is 12.9. The first-order valence-corrected chi connectivity index (χ1v) is 8.03. The first kappa shape index (κ1) is 15.1. The number of hydrogen-bond acceptors (Lipinski definition) is 2. The van der Waals surface area contributed by atoms with Gasteiger partial charge in [-0.3, -0.25) is 4.79 Å². The van der Waals surface area contributed by atoms with E-state index in [4.69, 9.17) is 4.74 Å². The lowest BCUT2D eigenvalue weighted by molar-refractivity contribution is -0.116. The van der Waals surface area contributed by atoms with E-state index in [0.29, 0.717) is 6.42 Å². The summed E-state index contributed by atoms with van der Waals surface area (Å²) in [7, 11) is 1.66. The molecule has 0 saturated carbocycles. The van der Waals surface area contributed by atoms with Crippen LogP contribution in [0.4, 0.5) is 5.69 Å². The minimum Gasteiger partial charge on any atom is -0.496 e. The van der Waals surface area contributed by atoms with E-state index in [1.54, 1.807) is 7.11 Å². The van der Waals surface area contributed by atoms with E-state index in [1.807, 2.05) is 18.2 Å². The van der Waals surface area contributed by atoms with Crippen molar-refractivity contribution in [1.29, 1.82) is 0 Å². The van der Waals surface area contributed by atoms with Crippen molar-refractivity contribution in [2.24, 2.45) is 0 Å². The molecule has 2 aromatic carbocycles. The molecule has 0 aromatic heterocycles. The standard InChI is InChI=1S/C18H18BrNO2/c1-10-6-14-13(9-18(21)20-16(14)7-11(10)2)15-8-12(19)4-5-17(15)22-3/h4-8,13H,9H2,1-3H3,(H,20,21)/t13-/m0/s1. The van der Waals surface area contributed by atoms with Crippen LogP contribution in [0, 0.1) is 13.8 Å². The summed E-state index contributed by atoms with van der Waals surface area (Å²) in [6.07, 6.45) is 0.433. The summed E-state index contributed by atoms with van der Waals surface area (Å²) in [6, 6.07) is 10.2. The van der Waals surface area contributed by atoms with Gasteiger partial charge in [0.05, 0.1) is 7.11 Å². The molecule has 1 amide bonds. The molecule has 0 bridgehead atoms. The van der Waals surface area contributed by atoms with Crippen molar-refractivity contribution < 1.29 is 9.53 Å². The predicted molar refractivity (Wildman–Crippen MR) is 91.7 cm³/mol. The number of aryl methyl sites for hydroxylation is 2. The van der Waals surface area contributed by atoms with Gasteiger partial charge >= 0.3 is 0 Å². The highest BCUT2D eigenvalue weighted by atomic mass is 79.9. The van der Waals surface area contributed by atoms with E-state index >= 15 is 0 Å². The maximum Gasteiger partial charge on any atom is 0.225 e. The van der Waals surface area contributed by atoms with Gasteiger partial charge in [0.15, 0.2) is 0 Å². The van der Waals surface area contributed by atoms with Gasteiger partial charge in [-0.25, -0.2) is 0 Å². The van der Waals surface area contributed by atoms with E-state index in [0.717, 1.165) is 27.0 Å². The highest BCUT2D eigenvalue weighted by Gasteiger charge is 2.29. The SMILES string of the molecule is COc1ccc(Br)cc1[C@H]1CC(=O)Nc2cc(C)c(C)cc21. The van der Waals surface area contributed by atoms with Crippen LogP contribution in [-0.2, 0) is 4.79 Å². The Labute approximate surface area is 138 Å². The van der Waals surface area contributed by atoms with Crippen LogP contribution in [0.2, 0.25) is 0 Å². The average Bonchev–Trinajstić information content (AvgIpc) is 2.48. The van der Waals surface area contributed by atoms with Crippen molar-refractivity contribution in [1.82, 2.24) is 0 Å². The normalized spacial score (nSPS) is 16.9. The Morgan fingerprint density at radius 3 is 2.59 bits per heavy atom. The quantitative estimate of drug-likeness (QED) is 0.853. The third kappa shape index (κ3) is 2.63. The Kier molecular flexibility index (Phi) is 3.96. The average molecular weight is 360 g/mol. The molecule has 0 saturated heterocycles. The van der Waals surface area contributed by atoms with Crippen LogP contribution in [-0.4, -0.2) is 13.0 Å². The van der Waals surface area contributed by atoms with Crippen molar-refractivity contribution in [3.8, 4) is 5.75 Å². The summed E-state index contributed by atoms with van der Waals surface area (Å²) in [4.78, 5) is 12.1. The summed E-state index contributed by atoms with van der Waals surface area (Å²) >= 11 is 3.52. The highest BCUT2D eigenvalue weighted by Crippen LogP contribution is 2.42. The lowest BCUT2D eigenvalue weighted by Gasteiger charge is -2.28. The van der Waals surface area contributed by atoms with Crippen LogP contribution in [0.3, 0.4) is 0 Å². The molecule has 3 rings (SSSR count). The highest BCUT2D eigenvalue weighted by molar-refractivity contribution is 9.10. The summed E-state index contributed by atoms with van der Waals surface area (Å²) in [6.45, 7) is 4.16. The second kappa shape index (κ2) is 5.76. The predicted octanol–water partition coefficient (Wildman–Crippen LogP) is 4.55. The lowest BCUT2D eigenvalue weighted by atomic mass is 9.83. The summed E-state index contributed by atoms with van der Waals surface area (Å²) < 4.78 is 6.49. The van der Waals surface area contributed by atoms with Crippen LogP contribution in [0.5, 0.6) is 5.75 Å². The zero-order chi connectivity index (χ0) is 15.9. The molecule has 1 N–H and O–H groups in total. The number of hydrogen-bond donors (Lipinski definition) is 1. The van der Waals surface area contributed by atoms with Gasteiger partial charge in [0.25, 0.3) is 0 Å². The van der Waals surface area contributed by atoms with Gasteiger partial charge in [0.2, 0.25) is 5.91 Å². The minimum atomic E-state index is 0.00972. The van der Waals surface area contributed by atoms with Gasteiger partial charge in [0, 0.05) is 28.1 Å². The van der Waals surface area contributed by atoms with Gasteiger partial charge in [-0.05, 0) is 54.8 Å². The number of carbonyl (C=O) groups excluding carboxylic acids is 1. The molecule has 1 aliphatic rings. The van der Waals surface area contributed by atoms with Crippen molar-refractivity contribution in [3.05, 3.63) is 57.1 Å². The molecule has 22 heavy (non-hydrogen) atoms. The van der Waals surface area contributed by atoms with Crippen molar-refractivity contribution in [2.75, 3.05) is 12.4 Å². The van der Waals surface area contributed by atoms with Crippen molar-refractivity contribution >= 4 is 27.5 Å². The number of anilines is 1. The molecule has 0 aliphatic carbocycles. The molecule has 1 aliphatic heterocycles. The molecule has 0 radical (unpaired) electrons. The fraction of sp³-hybridized carbons (Fsp3) is 0.278. The maximum absolute atomic E-state index is 12.1. The molecule has 1 heterocycles. The Hall–Kier alpha value is -1.81. The van der Waals surface area contributed by atoms with E-state index in [1.165, 1.54) is 11.1 Å². The van der Waals surface area contributed by atoms with Gasteiger partial charge in [-0.15, -0.1) is 0 Å². The number of halogens is 1. The Balaban J connectivity index is 2.19. The van der Waals surface area contributed by atoms with Crippen LogP contribution in [0.1, 0.15) is 34.6 Å². The molecule has 2 aromatic rings. The maximum atomic E-state index is 12.1. The fourth-order valence-corrected chi connectivity index (χ4v) is 3.37.